The highest BCUT2D eigenvalue weighted by Gasteiger charge is 2.41. The molecule has 3 heteroatoms. The Kier molecular flexibility index (Phi) is 3.53. The number of carbonyl (C=O) groups is 1. The second-order valence-corrected chi connectivity index (χ2v) is 5.41. The lowest BCUT2D eigenvalue weighted by Gasteiger charge is -2.43. The minimum atomic E-state index is -0.109. The number of carbonyl (C=O) groups excluding carboxylic acids is 1. The summed E-state index contributed by atoms with van der Waals surface area (Å²) in [7, 11) is 2.00. The number of amides is 1. The molecule has 0 aromatic carbocycles. The first-order valence-electron chi connectivity index (χ1n) is 6.67. The van der Waals surface area contributed by atoms with E-state index >= 15 is 0 Å². The van der Waals surface area contributed by atoms with E-state index in [0.29, 0.717) is 11.9 Å². The van der Waals surface area contributed by atoms with Gasteiger partial charge in [-0.1, -0.05) is 6.92 Å². The summed E-state index contributed by atoms with van der Waals surface area (Å²) in [5.41, 5.74) is -0.109. The molecule has 1 saturated heterocycles. The Hall–Kier alpha value is -0.570. The van der Waals surface area contributed by atoms with Crippen molar-refractivity contribution >= 4 is 5.91 Å². The number of nitrogens with zero attached hydrogens (tertiary/aromatic N) is 1. The van der Waals surface area contributed by atoms with Crippen molar-refractivity contribution in [1.29, 1.82) is 0 Å². The van der Waals surface area contributed by atoms with Crippen molar-refractivity contribution in [2.75, 3.05) is 20.1 Å². The Balaban J connectivity index is 2.04. The van der Waals surface area contributed by atoms with E-state index < -0.39 is 0 Å². The van der Waals surface area contributed by atoms with Gasteiger partial charge in [0.1, 0.15) is 0 Å². The molecule has 1 atom stereocenters. The third kappa shape index (κ3) is 1.97. The van der Waals surface area contributed by atoms with Gasteiger partial charge in [-0.15, -0.1) is 0 Å². The van der Waals surface area contributed by atoms with Gasteiger partial charge in [0.15, 0.2) is 0 Å². The van der Waals surface area contributed by atoms with Gasteiger partial charge in [0.25, 0.3) is 0 Å². The zero-order valence-corrected chi connectivity index (χ0v) is 10.6. The van der Waals surface area contributed by atoms with Crippen LogP contribution >= 0.6 is 0 Å². The first-order valence-corrected chi connectivity index (χ1v) is 6.67. The van der Waals surface area contributed by atoms with E-state index in [4.69, 9.17) is 0 Å². The molecule has 16 heavy (non-hydrogen) atoms. The van der Waals surface area contributed by atoms with E-state index in [0.717, 1.165) is 32.4 Å². The van der Waals surface area contributed by atoms with E-state index in [1.54, 1.807) is 0 Å². The Bertz CT molecular complexity index is 255. The molecule has 1 unspecified atom stereocenters. The van der Waals surface area contributed by atoms with Crippen LogP contribution < -0.4 is 5.32 Å². The average molecular weight is 224 g/mol. The van der Waals surface area contributed by atoms with Crippen molar-refractivity contribution in [3.8, 4) is 0 Å². The van der Waals surface area contributed by atoms with Gasteiger partial charge in [-0.25, -0.2) is 0 Å². The van der Waals surface area contributed by atoms with Crippen molar-refractivity contribution in [2.24, 2.45) is 5.41 Å². The SMILES string of the molecule is CCC1(C(=O)N(C)C2CCC2)CCCNC1. The summed E-state index contributed by atoms with van der Waals surface area (Å²) in [5.74, 6) is 0.381. The van der Waals surface area contributed by atoms with E-state index in [9.17, 15) is 4.79 Å². The van der Waals surface area contributed by atoms with Crippen LogP contribution in [0.1, 0.15) is 45.4 Å². The molecule has 1 aliphatic carbocycles. The van der Waals surface area contributed by atoms with Crippen molar-refractivity contribution in [2.45, 2.75) is 51.5 Å². The van der Waals surface area contributed by atoms with E-state index in [1.165, 1.54) is 19.3 Å². The Morgan fingerprint density at radius 3 is 2.62 bits per heavy atom. The largest absolute Gasteiger partial charge is 0.342 e. The normalized spacial score (nSPS) is 30.9. The summed E-state index contributed by atoms with van der Waals surface area (Å²) in [5, 5.41) is 3.39. The molecule has 1 amide bonds. The molecule has 92 valence electrons. The van der Waals surface area contributed by atoms with E-state index in [2.05, 4.69) is 12.2 Å². The molecule has 2 aliphatic rings. The van der Waals surface area contributed by atoms with Crippen LogP contribution in [0.5, 0.6) is 0 Å². The van der Waals surface area contributed by atoms with Crippen LogP contribution in [0.15, 0.2) is 0 Å². The highest BCUT2D eigenvalue weighted by molar-refractivity contribution is 5.83. The molecule has 0 aromatic rings. The fraction of sp³-hybridized carbons (Fsp3) is 0.923. The summed E-state index contributed by atoms with van der Waals surface area (Å²) in [4.78, 5) is 14.6. The van der Waals surface area contributed by atoms with Crippen LogP contribution in [0.2, 0.25) is 0 Å². The van der Waals surface area contributed by atoms with E-state index in [1.807, 2.05) is 11.9 Å². The van der Waals surface area contributed by atoms with Gasteiger partial charge in [0, 0.05) is 19.6 Å². The highest BCUT2D eigenvalue weighted by Crippen LogP contribution is 2.35. The molecule has 1 heterocycles. The Labute approximate surface area is 98.6 Å². The summed E-state index contributed by atoms with van der Waals surface area (Å²) < 4.78 is 0. The average Bonchev–Trinajstić information content (AvgIpc) is 2.26. The molecule has 0 radical (unpaired) electrons. The summed E-state index contributed by atoms with van der Waals surface area (Å²) in [6, 6.07) is 0.526. The molecule has 0 bridgehead atoms. The molecule has 2 rings (SSSR count). The van der Waals surface area contributed by atoms with Crippen LogP contribution in [0.4, 0.5) is 0 Å². The first-order chi connectivity index (χ1) is 7.69. The number of piperidine rings is 1. The number of hydrogen-bond acceptors (Lipinski definition) is 2. The van der Waals surface area contributed by atoms with Gasteiger partial charge < -0.3 is 10.2 Å². The maximum atomic E-state index is 12.6. The van der Waals surface area contributed by atoms with Crippen LogP contribution in [-0.4, -0.2) is 37.0 Å². The Morgan fingerprint density at radius 1 is 1.44 bits per heavy atom. The zero-order valence-electron chi connectivity index (χ0n) is 10.6. The van der Waals surface area contributed by atoms with Gasteiger partial charge in [0.05, 0.1) is 5.41 Å². The highest BCUT2D eigenvalue weighted by atomic mass is 16.2. The van der Waals surface area contributed by atoms with Crippen molar-refractivity contribution < 1.29 is 4.79 Å². The second-order valence-electron chi connectivity index (χ2n) is 5.41. The third-order valence-corrected chi connectivity index (χ3v) is 4.55. The second kappa shape index (κ2) is 4.74. The van der Waals surface area contributed by atoms with Crippen LogP contribution in [0, 0.1) is 5.41 Å². The summed E-state index contributed by atoms with van der Waals surface area (Å²) in [6.45, 7) is 4.10. The van der Waals surface area contributed by atoms with Crippen LogP contribution in [0.25, 0.3) is 0 Å². The van der Waals surface area contributed by atoms with Gasteiger partial charge in [-0.2, -0.15) is 0 Å². The van der Waals surface area contributed by atoms with Gasteiger partial charge >= 0.3 is 0 Å². The summed E-state index contributed by atoms with van der Waals surface area (Å²) >= 11 is 0. The van der Waals surface area contributed by atoms with E-state index in [-0.39, 0.29) is 5.41 Å². The minimum Gasteiger partial charge on any atom is -0.342 e. The molecule has 0 spiro atoms. The quantitative estimate of drug-likeness (QED) is 0.792. The molecule has 1 N–H and O–H groups in total. The molecular weight excluding hydrogens is 200 g/mol. The van der Waals surface area contributed by atoms with Crippen molar-refractivity contribution in [1.82, 2.24) is 10.2 Å². The number of nitrogens with one attached hydrogen (secondary N) is 1. The predicted octanol–water partition coefficient (Wildman–Crippen LogP) is 1.78. The lowest BCUT2D eigenvalue weighted by atomic mass is 9.76. The van der Waals surface area contributed by atoms with Crippen LogP contribution in [0.3, 0.4) is 0 Å². The molecule has 1 aliphatic heterocycles. The van der Waals surface area contributed by atoms with Gasteiger partial charge in [-0.05, 0) is 45.1 Å². The Morgan fingerprint density at radius 2 is 2.19 bits per heavy atom. The molecule has 2 fully saturated rings. The zero-order chi connectivity index (χ0) is 11.6. The maximum Gasteiger partial charge on any atom is 0.230 e. The van der Waals surface area contributed by atoms with Gasteiger partial charge in [-0.3, -0.25) is 4.79 Å². The fourth-order valence-corrected chi connectivity index (χ4v) is 2.92. The topological polar surface area (TPSA) is 32.3 Å². The standard InChI is InChI=1S/C13H24N2O/c1-3-13(8-5-9-14-10-13)12(16)15(2)11-6-4-7-11/h11,14H,3-10H2,1-2H3. The fourth-order valence-electron chi connectivity index (χ4n) is 2.92. The molecule has 3 nitrogen and oxygen atoms in total. The molecule has 0 aromatic heterocycles. The lowest BCUT2D eigenvalue weighted by Crippen LogP contribution is -2.54. The lowest BCUT2D eigenvalue weighted by molar-refractivity contribution is -0.146. The van der Waals surface area contributed by atoms with Crippen molar-refractivity contribution in [3.05, 3.63) is 0 Å². The first kappa shape index (κ1) is 11.9. The van der Waals surface area contributed by atoms with Crippen LogP contribution in [-0.2, 0) is 4.79 Å². The molecule has 1 saturated carbocycles. The number of rotatable bonds is 3. The molecular formula is C13H24N2O. The minimum absolute atomic E-state index is 0.109. The third-order valence-electron chi connectivity index (χ3n) is 4.55. The monoisotopic (exact) mass is 224 g/mol. The predicted molar refractivity (Wildman–Crippen MR) is 65.2 cm³/mol. The maximum absolute atomic E-state index is 12.6. The van der Waals surface area contributed by atoms with Gasteiger partial charge in [0.2, 0.25) is 5.91 Å². The summed E-state index contributed by atoms with van der Waals surface area (Å²) in [6.07, 6.45) is 6.87. The van der Waals surface area contributed by atoms with Crippen molar-refractivity contribution in [3.63, 3.8) is 0 Å². The number of hydrogen-bond donors (Lipinski definition) is 1. The smallest absolute Gasteiger partial charge is 0.230 e.